The predicted octanol–water partition coefficient (Wildman–Crippen LogP) is 2.10. The quantitative estimate of drug-likeness (QED) is 0.669. The Hall–Kier alpha value is -0.380. The molecule has 1 spiro atoms. The van der Waals surface area contributed by atoms with Crippen molar-refractivity contribution >= 4 is 0 Å². The molecule has 2 saturated carbocycles. The molecular formula is C15H22O3. The van der Waals surface area contributed by atoms with Crippen LogP contribution in [0.4, 0.5) is 0 Å². The van der Waals surface area contributed by atoms with Crippen LogP contribution in [0.5, 0.6) is 0 Å². The van der Waals surface area contributed by atoms with Gasteiger partial charge < -0.3 is 14.6 Å². The normalized spacial score (nSPS) is 52.7. The molecule has 3 nitrogen and oxygen atoms in total. The lowest BCUT2D eigenvalue weighted by Crippen LogP contribution is -2.58. The first kappa shape index (κ1) is 11.4. The highest BCUT2D eigenvalue weighted by molar-refractivity contribution is 5.29. The molecular weight excluding hydrogens is 228 g/mol. The standard InChI is InChI=1S/C15H22O3/c1-9-5-13-11-6-10(16)7-12(11)14(9,2)8-15(13)17-3-4-18-15/h5,10-13,16H,3-4,6-8H2,1-2H3/t10?,11-,12+,13-,14+/m0/s1. The number of aliphatic hydroxyl groups is 1. The minimum absolute atomic E-state index is 0.127. The Balaban J connectivity index is 1.81. The number of ether oxygens (including phenoxy) is 2. The van der Waals surface area contributed by atoms with Crippen LogP contribution in [-0.4, -0.2) is 30.2 Å². The molecule has 5 rings (SSSR count). The Morgan fingerprint density at radius 1 is 1.28 bits per heavy atom. The minimum atomic E-state index is -0.376. The van der Waals surface area contributed by atoms with Gasteiger partial charge >= 0.3 is 0 Å². The van der Waals surface area contributed by atoms with E-state index in [1.807, 2.05) is 0 Å². The summed E-state index contributed by atoms with van der Waals surface area (Å²) in [6, 6.07) is 0. The second-order valence-electron chi connectivity index (χ2n) is 6.87. The third-order valence-corrected chi connectivity index (χ3v) is 6.09. The average Bonchev–Trinajstić information content (AvgIpc) is 2.90. The third kappa shape index (κ3) is 1.21. The molecule has 5 atom stereocenters. The van der Waals surface area contributed by atoms with E-state index >= 15 is 0 Å². The Labute approximate surface area is 108 Å². The number of aliphatic hydroxyl groups excluding tert-OH is 1. The second-order valence-corrected chi connectivity index (χ2v) is 6.87. The van der Waals surface area contributed by atoms with E-state index in [2.05, 4.69) is 19.9 Å². The maximum Gasteiger partial charge on any atom is 0.175 e. The molecule has 4 aliphatic carbocycles. The topological polar surface area (TPSA) is 38.7 Å². The van der Waals surface area contributed by atoms with Crippen molar-refractivity contribution in [3.05, 3.63) is 11.6 Å². The van der Waals surface area contributed by atoms with Gasteiger partial charge in [0.1, 0.15) is 0 Å². The number of hydrogen-bond acceptors (Lipinski definition) is 3. The molecule has 3 fully saturated rings. The molecule has 1 unspecified atom stereocenters. The summed E-state index contributed by atoms with van der Waals surface area (Å²) in [5.74, 6) is 1.13. The minimum Gasteiger partial charge on any atom is -0.393 e. The zero-order valence-corrected chi connectivity index (χ0v) is 11.2. The van der Waals surface area contributed by atoms with Gasteiger partial charge in [-0.15, -0.1) is 0 Å². The van der Waals surface area contributed by atoms with Crippen molar-refractivity contribution in [2.45, 2.75) is 45.0 Å². The van der Waals surface area contributed by atoms with Crippen molar-refractivity contribution in [3.63, 3.8) is 0 Å². The summed E-state index contributed by atoms with van der Waals surface area (Å²) in [4.78, 5) is 0. The van der Waals surface area contributed by atoms with Crippen LogP contribution in [0.2, 0.25) is 0 Å². The molecule has 2 bridgehead atoms. The van der Waals surface area contributed by atoms with E-state index in [4.69, 9.17) is 9.47 Å². The molecule has 1 aliphatic heterocycles. The molecule has 0 aromatic heterocycles. The van der Waals surface area contributed by atoms with Crippen LogP contribution in [-0.2, 0) is 9.47 Å². The summed E-state index contributed by atoms with van der Waals surface area (Å²) in [6.07, 6.45) is 5.11. The van der Waals surface area contributed by atoms with Crippen LogP contribution in [0.3, 0.4) is 0 Å². The van der Waals surface area contributed by atoms with Gasteiger partial charge in [0.2, 0.25) is 0 Å². The SMILES string of the molecule is CC1=C[C@H]2[C@H]3CC(O)C[C@H]3[C@]1(C)CC21OCCO1. The van der Waals surface area contributed by atoms with Crippen LogP contribution < -0.4 is 0 Å². The van der Waals surface area contributed by atoms with Crippen molar-refractivity contribution in [2.24, 2.45) is 23.2 Å². The lowest BCUT2D eigenvalue weighted by molar-refractivity contribution is -0.250. The van der Waals surface area contributed by atoms with Crippen molar-refractivity contribution in [1.82, 2.24) is 0 Å². The number of allylic oxidation sites excluding steroid dienone is 1. The summed E-state index contributed by atoms with van der Waals surface area (Å²) >= 11 is 0. The third-order valence-electron chi connectivity index (χ3n) is 6.09. The van der Waals surface area contributed by atoms with Crippen molar-refractivity contribution in [2.75, 3.05) is 13.2 Å². The highest BCUT2D eigenvalue weighted by atomic mass is 16.7. The van der Waals surface area contributed by atoms with E-state index in [0.29, 0.717) is 17.8 Å². The second kappa shape index (κ2) is 3.38. The lowest BCUT2D eigenvalue weighted by atomic mass is 9.50. The van der Waals surface area contributed by atoms with Crippen LogP contribution >= 0.6 is 0 Å². The first-order chi connectivity index (χ1) is 8.55. The smallest absolute Gasteiger partial charge is 0.175 e. The zero-order chi connectivity index (χ0) is 12.5. The summed E-state index contributed by atoms with van der Waals surface area (Å²) in [5, 5.41) is 10.1. The van der Waals surface area contributed by atoms with Gasteiger partial charge in [-0.1, -0.05) is 18.6 Å². The Morgan fingerprint density at radius 3 is 2.72 bits per heavy atom. The van der Waals surface area contributed by atoms with Crippen molar-refractivity contribution in [1.29, 1.82) is 0 Å². The van der Waals surface area contributed by atoms with Gasteiger partial charge in [-0.3, -0.25) is 0 Å². The Kier molecular flexibility index (Phi) is 2.15. The van der Waals surface area contributed by atoms with Crippen LogP contribution in [0, 0.1) is 23.2 Å². The monoisotopic (exact) mass is 250 g/mol. The molecule has 1 N–H and O–H groups in total. The highest BCUT2D eigenvalue weighted by Crippen LogP contribution is 2.66. The fraction of sp³-hybridized carbons (Fsp3) is 0.867. The molecule has 0 aromatic carbocycles. The van der Waals surface area contributed by atoms with Gasteiger partial charge in [0.25, 0.3) is 0 Å². The molecule has 0 amide bonds. The average molecular weight is 250 g/mol. The number of hydrogen-bond donors (Lipinski definition) is 1. The van der Waals surface area contributed by atoms with Gasteiger partial charge in [0.15, 0.2) is 5.79 Å². The Bertz CT molecular complexity index is 410. The van der Waals surface area contributed by atoms with E-state index in [0.717, 1.165) is 32.5 Å². The molecule has 0 radical (unpaired) electrons. The van der Waals surface area contributed by atoms with Gasteiger partial charge in [-0.25, -0.2) is 0 Å². The van der Waals surface area contributed by atoms with E-state index in [1.54, 1.807) is 0 Å². The lowest BCUT2D eigenvalue weighted by Gasteiger charge is -2.58. The molecule has 1 heterocycles. The van der Waals surface area contributed by atoms with E-state index in [1.165, 1.54) is 5.57 Å². The molecule has 3 heteroatoms. The molecule has 5 aliphatic rings. The van der Waals surface area contributed by atoms with Crippen LogP contribution in [0.1, 0.15) is 33.1 Å². The maximum atomic E-state index is 10.1. The molecule has 100 valence electrons. The van der Waals surface area contributed by atoms with Gasteiger partial charge in [-0.05, 0) is 37.0 Å². The summed E-state index contributed by atoms with van der Waals surface area (Å²) < 4.78 is 12.0. The molecule has 0 aromatic rings. The molecule has 1 saturated heterocycles. The summed E-state index contributed by atoms with van der Waals surface area (Å²) in [6.45, 7) is 6.03. The van der Waals surface area contributed by atoms with E-state index in [9.17, 15) is 5.11 Å². The van der Waals surface area contributed by atoms with Gasteiger partial charge in [0.05, 0.1) is 19.3 Å². The zero-order valence-electron chi connectivity index (χ0n) is 11.2. The van der Waals surface area contributed by atoms with Crippen molar-refractivity contribution in [3.8, 4) is 0 Å². The van der Waals surface area contributed by atoms with Gasteiger partial charge in [0, 0.05) is 12.3 Å². The maximum absolute atomic E-state index is 10.1. The first-order valence-corrected chi connectivity index (χ1v) is 7.20. The van der Waals surface area contributed by atoms with Crippen molar-refractivity contribution < 1.29 is 14.6 Å². The Morgan fingerprint density at radius 2 is 2.00 bits per heavy atom. The van der Waals surface area contributed by atoms with E-state index in [-0.39, 0.29) is 17.3 Å². The highest BCUT2D eigenvalue weighted by Gasteiger charge is 2.65. The van der Waals surface area contributed by atoms with Gasteiger partial charge in [-0.2, -0.15) is 0 Å². The fourth-order valence-corrected chi connectivity index (χ4v) is 5.17. The number of rotatable bonds is 0. The summed E-state index contributed by atoms with van der Waals surface area (Å²) in [7, 11) is 0. The van der Waals surface area contributed by atoms with E-state index < -0.39 is 0 Å². The molecule has 18 heavy (non-hydrogen) atoms. The van der Waals surface area contributed by atoms with Crippen LogP contribution in [0.15, 0.2) is 11.6 Å². The first-order valence-electron chi connectivity index (χ1n) is 7.20. The fourth-order valence-electron chi connectivity index (χ4n) is 5.17. The summed E-state index contributed by atoms with van der Waals surface area (Å²) in [5.41, 5.74) is 1.63. The predicted molar refractivity (Wildman–Crippen MR) is 66.8 cm³/mol. The largest absolute Gasteiger partial charge is 0.393 e. The van der Waals surface area contributed by atoms with Crippen LogP contribution in [0.25, 0.3) is 0 Å².